The molecule has 3 heterocycles. The number of hydrogen-bond donors (Lipinski definition) is 0. The Bertz CT molecular complexity index is 1690. The van der Waals surface area contributed by atoms with Crippen LogP contribution in [-0.4, -0.2) is 79.1 Å². The summed E-state index contributed by atoms with van der Waals surface area (Å²) in [6.45, 7) is 6.46. The van der Waals surface area contributed by atoms with Gasteiger partial charge in [-0.25, -0.2) is 31.4 Å². The molecule has 42 heavy (non-hydrogen) atoms. The molecule has 0 radical (unpaired) electrons. The molecule has 1 atom stereocenters. The minimum Gasteiger partial charge on any atom is -0.444 e. The Balaban J connectivity index is 1.44. The molecule has 0 unspecified atom stereocenters. The number of aryl methyl sites for hydroxylation is 1. The smallest absolute Gasteiger partial charge is 0.410 e. The van der Waals surface area contributed by atoms with Crippen molar-refractivity contribution in [3.8, 4) is 11.3 Å². The van der Waals surface area contributed by atoms with Gasteiger partial charge >= 0.3 is 6.09 Å². The van der Waals surface area contributed by atoms with Gasteiger partial charge in [0.15, 0.2) is 5.82 Å². The topological polar surface area (TPSA) is 100 Å². The number of amides is 2. The summed E-state index contributed by atoms with van der Waals surface area (Å²) in [7, 11) is -4.08. The zero-order valence-corrected chi connectivity index (χ0v) is 24.5. The number of sulfonamides is 1. The number of aromatic nitrogens is 1. The number of alkyl halides is 1. The predicted molar refractivity (Wildman–Crippen MR) is 150 cm³/mol. The lowest BCUT2D eigenvalue weighted by molar-refractivity contribution is -0.121. The van der Waals surface area contributed by atoms with Gasteiger partial charge < -0.3 is 9.64 Å². The fraction of sp³-hybridized carbons (Fsp3) is 0.414. The number of benzene rings is 2. The van der Waals surface area contributed by atoms with Crippen LogP contribution >= 0.6 is 0 Å². The molecule has 5 rings (SSSR count). The molecule has 9 nitrogen and oxygen atoms in total. The number of halogens is 3. The number of hydrogen-bond acceptors (Lipinski definition) is 6. The van der Waals surface area contributed by atoms with Crippen molar-refractivity contribution in [1.29, 1.82) is 0 Å². The quantitative estimate of drug-likeness (QED) is 0.424. The molecule has 2 fully saturated rings. The summed E-state index contributed by atoms with van der Waals surface area (Å²) < 4.78 is 76.9. The molecule has 224 valence electrons. The van der Waals surface area contributed by atoms with Gasteiger partial charge in [-0.15, -0.1) is 0 Å². The molecule has 0 aliphatic carbocycles. The Kier molecular flexibility index (Phi) is 7.69. The molecule has 13 heteroatoms. The number of anilines is 1. The van der Waals surface area contributed by atoms with E-state index in [4.69, 9.17) is 4.74 Å². The zero-order chi connectivity index (χ0) is 30.6. The number of rotatable bonds is 4. The molecule has 2 amide bonds. The lowest BCUT2D eigenvalue weighted by atomic mass is 10.0. The van der Waals surface area contributed by atoms with Crippen molar-refractivity contribution in [3.05, 3.63) is 53.6 Å². The molecule has 2 aliphatic heterocycles. The van der Waals surface area contributed by atoms with E-state index in [1.54, 1.807) is 39.8 Å². The third-order valence-corrected chi connectivity index (χ3v) is 9.08. The van der Waals surface area contributed by atoms with Crippen LogP contribution in [0, 0.1) is 18.6 Å². The van der Waals surface area contributed by atoms with Crippen LogP contribution in [0.4, 0.5) is 23.7 Å². The number of piperazine rings is 1. The molecule has 1 aromatic heterocycles. The highest BCUT2D eigenvalue weighted by Crippen LogP contribution is 2.34. The van der Waals surface area contributed by atoms with Crippen LogP contribution in [-0.2, 0) is 19.6 Å². The second-order valence-electron chi connectivity index (χ2n) is 11.5. The minimum absolute atomic E-state index is 0.0124. The maximum Gasteiger partial charge on any atom is 0.410 e. The first kappa shape index (κ1) is 29.8. The first-order valence-corrected chi connectivity index (χ1v) is 14.9. The highest BCUT2D eigenvalue weighted by molar-refractivity contribution is 7.89. The summed E-state index contributed by atoms with van der Waals surface area (Å²) in [6.07, 6.45) is -1.82. The highest BCUT2D eigenvalue weighted by Gasteiger charge is 2.34. The van der Waals surface area contributed by atoms with Crippen LogP contribution < -0.4 is 4.90 Å². The van der Waals surface area contributed by atoms with Crippen LogP contribution in [0.5, 0.6) is 0 Å². The highest BCUT2D eigenvalue weighted by atomic mass is 32.2. The maximum atomic E-state index is 15.9. The summed E-state index contributed by atoms with van der Waals surface area (Å²) >= 11 is 0. The second-order valence-corrected chi connectivity index (χ2v) is 13.4. The largest absolute Gasteiger partial charge is 0.444 e. The Morgan fingerprint density at radius 2 is 1.81 bits per heavy atom. The molecular weight excluding hydrogens is 573 g/mol. The van der Waals surface area contributed by atoms with Gasteiger partial charge in [-0.3, -0.25) is 9.69 Å². The Morgan fingerprint density at radius 3 is 2.43 bits per heavy atom. The van der Waals surface area contributed by atoms with Crippen molar-refractivity contribution >= 4 is 38.6 Å². The summed E-state index contributed by atoms with van der Waals surface area (Å²) in [5.74, 6) is -2.17. The maximum absolute atomic E-state index is 15.9. The molecule has 3 aromatic rings. The van der Waals surface area contributed by atoms with Crippen LogP contribution in [0.2, 0.25) is 0 Å². The predicted octanol–water partition coefficient (Wildman–Crippen LogP) is 4.80. The number of carbonyl (C=O) groups excluding carboxylic acids is 2. The Morgan fingerprint density at radius 1 is 1.07 bits per heavy atom. The van der Waals surface area contributed by atoms with E-state index in [1.807, 2.05) is 0 Å². The number of carbonyl (C=O) groups is 2. The van der Waals surface area contributed by atoms with Crippen molar-refractivity contribution in [2.45, 2.75) is 50.8 Å². The number of ether oxygens (including phenoxy) is 1. The van der Waals surface area contributed by atoms with E-state index in [-0.39, 0.29) is 66.5 Å². The molecule has 0 bridgehead atoms. The molecule has 2 saturated heterocycles. The van der Waals surface area contributed by atoms with E-state index in [1.165, 1.54) is 28.0 Å². The lowest BCUT2D eigenvalue weighted by Gasteiger charge is -2.35. The normalized spacial score (nSPS) is 18.6. The summed E-state index contributed by atoms with van der Waals surface area (Å²) in [5.41, 5.74) is -0.238. The van der Waals surface area contributed by atoms with Gasteiger partial charge in [0, 0.05) is 37.1 Å². The van der Waals surface area contributed by atoms with Gasteiger partial charge in [-0.2, -0.15) is 4.31 Å². The van der Waals surface area contributed by atoms with Gasteiger partial charge in [-0.1, -0.05) is 6.07 Å². The SMILES string of the molecule is Cc1cc(-c2ccc(S(=O)(=O)N3CC[C@H](F)C3)cc2F)nc2c(F)c(N3CCN(C(=O)OC(C)(C)C)CC3=O)ccc12. The Hall–Kier alpha value is -3.71. The molecular formula is C29H31F3N4O5S. The number of fused-ring (bicyclic) bond motifs is 1. The van der Waals surface area contributed by atoms with Crippen LogP contribution in [0.1, 0.15) is 32.8 Å². The van der Waals surface area contributed by atoms with Crippen molar-refractivity contribution in [3.63, 3.8) is 0 Å². The molecule has 2 aromatic carbocycles. The molecule has 0 spiro atoms. The van der Waals surface area contributed by atoms with Gasteiger partial charge in [0.2, 0.25) is 15.9 Å². The minimum atomic E-state index is -4.08. The summed E-state index contributed by atoms with van der Waals surface area (Å²) in [6, 6.07) is 7.97. The van der Waals surface area contributed by atoms with E-state index >= 15 is 8.78 Å². The van der Waals surface area contributed by atoms with Crippen molar-refractivity contribution < 1.29 is 35.9 Å². The third kappa shape index (κ3) is 5.67. The zero-order valence-electron chi connectivity index (χ0n) is 23.7. The van der Waals surface area contributed by atoms with E-state index < -0.39 is 45.4 Å². The van der Waals surface area contributed by atoms with Crippen molar-refractivity contribution in [2.75, 3.05) is 37.6 Å². The van der Waals surface area contributed by atoms with Crippen LogP contribution in [0.15, 0.2) is 41.3 Å². The first-order chi connectivity index (χ1) is 19.7. The Labute approximate surface area is 241 Å². The van der Waals surface area contributed by atoms with E-state index in [9.17, 15) is 22.4 Å². The lowest BCUT2D eigenvalue weighted by Crippen LogP contribution is -2.53. The fourth-order valence-corrected chi connectivity index (χ4v) is 6.59. The van der Waals surface area contributed by atoms with Gasteiger partial charge in [0.05, 0.1) is 16.3 Å². The summed E-state index contributed by atoms with van der Waals surface area (Å²) in [4.78, 5) is 31.9. The van der Waals surface area contributed by atoms with E-state index in [0.717, 1.165) is 10.4 Å². The summed E-state index contributed by atoms with van der Waals surface area (Å²) in [5, 5.41) is 0.453. The number of pyridine rings is 1. The number of nitrogens with zero attached hydrogens (tertiary/aromatic N) is 4. The van der Waals surface area contributed by atoms with Gasteiger partial charge in [-0.05, 0) is 70.0 Å². The van der Waals surface area contributed by atoms with Gasteiger partial charge in [0.1, 0.15) is 29.7 Å². The van der Waals surface area contributed by atoms with E-state index in [0.29, 0.717) is 10.9 Å². The first-order valence-electron chi connectivity index (χ1n) is 13.5. The molecule has 2 aliphatic rings. The fourth-order valence-electron chi connectivity index (χ4n) is 5.09. The average molecular weight is 605 g/mol. The van der Waals surface area contributed by atoms with Crippen molar-refractivity contribution in [2.24, 2.45) is 0 Å². The van der Waals surface area contributed by atoms with Gasteiger partial charge in [0.25, 0.3) is 0 Å². The average Bonchev–Trinajstić information content (AvgIpc) is 3.35. The standard InChI is InChI=1S/C29H31F3N4O5S/c1-17-13-23(21-6-5-19(14-22(21)31)42(39,40)35-10-9-18(30)15-35)33-27-20(17)7-8-24(26(27)32)36-12-11-34(16-25(36)37)28(38)41-29(2,3)4/h5-8,13-14,18H,9-12,15-16H2,1-4H3/t18-/m0/s1. The monoisotopic (exact) mass is 604 g/mol. The van der Waals surface area contributed by atoms with Crippen molar-refractivity contribution in [1.82, 2.24) is 14.2 Å². The third-order valence-electron chi connectivity index (χ3n) is 7.22. The molecule has 0 saturated carbocycles. The molecule has 0 N–H and O–H groups in total. The van der Waals surface area contributed by atoms with E-state index in [2.05, 4.69) is 4.98 Å². The van der Waals surface area contributed by atoms with Crippen LogP contribution in [0.3, 0.4) is 0 Å². The van der Waals surface area contributed by atoms with Crippen LogP contribution in [0.25, 0.3) is 22.2 Å². The second kappa shape index (κ2) is 10.8.